The number of pyridine rings is 1. The number of fused-ring (bicyclic) bond motifs is 3. The van der Waals surface area contributed by atoms with Crippen LogP contribution in [0.25, 0.3) is 16.6 Å². The van der Waals surface area contributed by atoms with Gasteiger partial charge in [0.05, 0.1) is 23.7 Å². The molecule has 0 spiro atoms. The van der Waals surface area contributed by atoms with Gasteiger partial charge in [0, 0.05) is 24.9 Å². The predicted molar refractivity (Wildman–Crippen MR) is 85.0 cm³/mol. The van der Waals surface area contributed by atoms with Gasteiger partial charge < -0.3 is 19.2 Å². The van der Waals surface area contributed by atoms with E-state index >= 15 is 0 Å². The van der Waals surface area contributed by atoms with Crippen LogP contribution in [0.15, 0.2) is 29.5 Å². The van der Waals surface area contributed by atoms with Crippen LogP contribution in [0.4, 0.5) is 0 Å². The molecule has 3 aromatic rings. The van der Waals surface area contributed by atoms with Crippen LogP contribution in [-0.2, 0) is 16.1 Å². The predicted octanol–water partition coefficient (Wildman–Crippen LogP) is -3.24. The molecule has 10 heteroatoms. The Kier molecular flexibility index (Phi) is 6.52. The van der Waals surface area contributed by atoms with Gasteiger partial charge in [-0.1, -0.05) is 0 Å². The van der Waals surface area contributed by atoms with E-state index in [0.717, 1.165) is 0 Å². The Morgan fingerprint density at radius 2 is 2.08 bits per heavy atom. The Hall–Kier alpha value is -2.23. The monoisotopic (exact) mass is 366 g/mol. The largest absolute Gasteiger partial charge is 1.00 e. The first-order chi connectivity index (χ1) is 12.0. The summed E-state index contributed by atoms with van der Waals surface area (Å²) in [5, 5.41) is 14.9. The van der Waals surface area contributed by atoms with Crippen LogP contribution >= 0.6 is 0 Å². The second kappa shape index (κ2) is 8.43. The fourth-order valence-corrected chi connectivity index (χ4v) is 2.58. The Morgan fingerprint density at radius 3 is 2.77 bits per heavy atom. The van der Waals surface area contributed by atoms with Crippen LogP contribution in [-0.4, -0.2) is 37.7 Å². The number of ether oxygens (including phenoxy) is 1. The Morgan fingerprint density at radius 1 is 1.31 bits per heavy atom. The fourth-order valence-electron chi connectivity index (χ4n) is 2.58. The first-order valence-electron chi connectivity index (χ1n) is 7.75. The summed E-state index contributed by atoms with van der Waals surface area (Å²) in [6.45, 7) is 2.20. The van der Waals surface area contributed by atoms with Crippen molar-refractivity contribution in [2.75, 3.05) is 6.61 Å². The van der Waals surface area contributed by atoms with Crippen molar-refractivity contribution in [3.8, 4) is 0 Å². The van der Waals surface area contributed by atoms with Crippen molar-refractivity contribution in [3.63, 3.8) is 0 Å². The fraction of sp³-hybridized carbons (Fsp3) is 0.312. The van der Waals surface area contributed by atoms with E-state index in [0.29, 0.717) is 16.6 Å². The van der Waals surface area contributed by atoms with Gasteiger partial charge in [0.15, 0.2) is 5.65 Å². The van der Waals surface area contributed by atoms with Gasteiger partial charge in [-0.05, 0) is 25.8 Å². The Bertz CT molecular complexity index is 1030. The van der Waals surface area contributed by atoms with E-state index in [9.17, 15) is 19.5 Å². The quantitative estimate of drug-likeness (QED) is 0.332. The van der Waals surface area contributed by atoms with Crippen molar-refractivity contribution in [3.05, 3.63) is 40.6 Å². The van der Waals surface area contributed by atoms with E-state index in [4.69, 9.17) is 4.74 Å². The third kappa shape index (κ3) is 3.79. The van der Waals surface area contributed by atoms with E-state index in [1.165, 1.54) is 21.5 Å². The van der Waals surface area contributed by atoms with Crippen molar-refractivity contribution in [1.82, 2.24) is 19.2 Å². The maximum Gasteiger partial charge on any atom is 1.00 e. The number of aryl methyl sites for hydroxylation is 1. The molecule has 0 unspecified atom stereocenters. The molecule has 0 aliphatic rings. The van der Waals surface area contributed by atoms with Crippen LogP contribution in [0.3, 0.4) is 0 Å². The van der Waals surface area contributed by atoms with Gasteiger partial charge in [-0.25, -0.2) is 14.3 Å². The second-order valence-electron chi connectivity index (χ2n) is 5.36. The van der Waals surface area contributed by atoms with E-state index in [2.05, 4.69) is 10.1 Å². The smallest absolute Gasteiger partial charge is 0.550 e. The molecule has 0 N–H and O–H groups in total. The molecule has 9 nitrogen and oxygen atoms in total. The molecule has 130 valence electrons. The summed E-state index contributed by atoms with van der Waals surface area (Å²) in [5.74, 6) is -1.68. The number of nitrogens with zero attached hydrogens (tertiary/aromatic N) is 4. The van der Waals surface area contributed by atoms with Gasteiger partial charge in [-0.2, -0.15) is 5.10 Å². The molecule has 0 aliphatic carbocycles. The summed E-state index contributed by atoms with van der Waals surface area (Å²) >= 11 is 0. The SMILES string of the molecule is CCOC(=O)c1cnn2c1ncc1c(=O)n(CCCC(=O)[O-])ccc12.[Na+]. The van der Waals surface area contributed by atoms with Crippen molar-refractivity contribution in [1.29, 1.82) is 0 Å². The Labute approximate surface area is 169 Å². The number of aliphatic carboxylic acids is 1. The molecule has 0 atom stereocenters. The maximum absolute atomic E-state index is 12.5. The van der Waals surface area contributed by atoms with Gasteiger partial charge in [-0.3, -0.25) is 4.79 Å². The number of carbonyl (C=O) groups excluding carboxylic acids is 2. The Balaban J connectivity index is 0.00000243. The van der Waals surface area contributed by atoms with Crippen molar-refractivity contribution < 1.29 is 49.0 Å². The molecule has 0 saturated carbocycles. The number of esters is 1. The molecule has 0 fully saturated rings. The number of hydrogen-bond acceptors (Lipinski definition) is 7. The molecule has 0 amide bonds. The second-order valence-corrected chi connectivity index (χ2v) is 5.36. The number of carbonyl (C=O) groups is 2. The first kappa shape index (κ1) is 20.1. The number of hydrogen-bond donors (Lipinski definition) is 0. The molecular formula is C16H15N4NaO5. The molecule has 0 saturated heterocycles. The minimum atomic E-state index is -1.15. The molecular weight excluding hydrogens is 351 g/mol. The molecule has 3 aromatic heterocycles. The molecule has 0 aliphatic heterocycles. The number of carboxylic acids is 1. The minimum absolute atomic E-state index is 0. The number of rotatable bonds is 6. The summed E-state index contributed by atoms with van der Waals surface area (Å²) in [6.07, 6.45) is 4.46. The minimum Gasteiger partial charge on any atom is -0.550 e. The third-order valence-electron chi connectivity index (χ3n) is 3.74. The van der Waals surface area contributed by atoms with E-state index in [1.54, 1.807) is 19.2 Å². The topological polar surface area (TPSA) is 119 Å². The van der Waals surface area contributed by atoms with Crippen molar-refractivity contribution >= 4 is 28.5 Å². The van der Waals surface area contributed by atoms with Gasteiger partial charge in [0.2, 0.25) is 0 Å². The van der Waals surface area contributed by atoms with Crippen LogP contribution in [0.2, 0.25) is 0 Å². The van der Waals surface area contributed by atoms with Crippen molar-refractivity contribution in [2.24, 2.45) is 0 Å². The summed E-state index contributed by atoms with van der Waals surface area (Å²) in [7, 11) is 0. The van der Waals surface area contributed by atoms with Gasteiger partial charge in [-0.15, -0.1) is 0 Å². The average Bonchev–Trinajstić information content (AvgIpc) is 3.01. The van der Waals surface area contributed by atoms with Gasteiger partial charge >= 0.3 is 35.5 Å². The molecule has 3 heterocycles. The summed E-state index contributed by atoms with van der Waals surface area (Å²) in [6, 6.07) is 1.67. The van der Waals surface area contributed by atoms with Gasteiger partial charge in [0.25, 0.3) is 5.56 Å². The van der Waals surface area contributed by atoms with Crippen molar-refractivity contribution in [2.45, 2.75) is 26.3 Å². The van der Waals surface area contributed by atoms with Crippen LogP contribution in [0, 0.1) is 0 Å². The van der Waals surface area contributed by atoms with Crippen LogP contribution in [0.1, 0.15) is 30.1 Å². The molecule has 26 heavy (non-hydrogen) atoms. The molecule has 0 aromatic carbocycles. The zero-order valence-corrected chi connectivity index (χ0v) is 16.5. The van der Waals surface area contributed by atoms with Gasteiger partial charge in [0.1, 0.15) is 5.56 Å². The van der Waals surface area contributed by atoms with E-state index in [-0.39, 0.29) is 66.7 Å². The van der Waals surface area contributed by atoms with Crippen LogP contribution in [0.5, 0.6) is 0 Å². The molecule has 3 rings (SSSR count). The zero-order chi connectivity index (χ0) is 18.0. The van der Waals surface area contributed by atoms with E-state index < -0.39 is 11.9 Å². The van der Waals surface area contributed by atoms with E-state index in [1.807, 2.05) is 0 Å². The molecule has 0 radical (unpaired) electrons. The standard InChI is InChI=1S/C16H16N4O5.Na/c1-2-25-16(24)11-9-18-20-12-5-7-19(6-3-4-13(21)22)15(23)10(12)8-17-14(11)20;/h5,7-9H,2-4,6H2,1H3,(H,21,22);/q;+1/p-1. The summed E-state index contributed by atoms with van der Waals surface area (Å²) in [4.78, 5) is 39.1. The normalized spacial score (nSPS) is 10.7. The maximum atomic E-state index is 12.5. The molecule has 0 bridgehead atoms. The summed E-state index contributed by atoms with van der Waals surface area (Å²) < 4.78 is 7.78. The zero-order valence-electron chi connectivity index (χ0n) is 14.5. The first-order valence-corrected chi connectivity index (χ1v) is 7.75. The van der Waals surface area contributed by atoms with Crippen LogP contribution < -0.4 is 40.2 Å². The number of carboxylic acid groups (broad SMARTS) is 1. The third-order valence-corrected chi connectivity index (χ3v) is 3.74. The summed E-state index contributed by atoms with van der Waals surface area (Å²) in [5.41, 5.74) is 0.724. The average molecular weight is 366 g/mol. The number of aromatic nitrogens is 4.